The van der Waals surface area contributed by atoms with Crippen molar-refractivity contribution < 1.29 is 9.59 Å². The van der Waals surface area contributed by atoms with Crippen molar-refractivity contribution in [3.8, 4) is 0 Å². The number of para-hydroxylation sites is 2. The third-order valence-electron chi connectivity index (χ3n) is 5.25. The van der Waals surface area contributed by atoms with Crippen LogP contribution in [0.4, 0.5) is 11.4 Å². The van der Waals surface area contributed by atoms with Gasteiger partial charge in [0.2, 0.25) is 11.8 Å². The van der Waals surface area contributed by atoms with Crippen molar-refractivity contribution in [1.29, 1.82) is 0 Å². The van der Waals surface area contributed by atoms with Gasteiger partial charge in [-0.3, -0.25) is 9.59 Å². The van der Waals surface area contributed by atoms with E-state index in [0.29, 0.717) is 33.1 Å². The fourth-order valence-corrected chi connectivity index (χ4v) is 4.02. The molecule has 0 saturated carbocycles. The fourth-order valence-electron chi connectivity index (χ4n) is 3.37. The minimum absolute atomic E-state index is 0.107. The Balaban J connectivity index is 2.70. The number of hydrogen-bond donors (Lipinski definition) is 4. The number of amides is 2. The Morgan fingerprint density at radius 3 is 1.44 bits per heavy atom. The van der Waals surface area contributed by atoms with Gasteiger partial charge in [0.25, 0.3) is 0 Å². The van der Waals surface area contributed by atoms with Crippen molar-refractivity contribution in [3.63, 3.8) is 0 Å². The molecule has 6 nitrogen and oxygen atoms in total. The summed E-state index contributed by atoms with van der Waals surface area (Å²) in [5.41, 5.74) is 1.06. The van der Waals surface area contributed by atoms with Crippen LogP contribution in [-0.4, -0.2) is 56.4 Å². The number of thiocarbonyl (C=S) groups is 2. The Kier molecular flexibility index (Phi) is 16.2. The van der Waals surface area contributed by atoms with Crippen LogP contribution in [0.1, 0.15) is 65.2 Å². The first-order chi connectivity index (χ1) is 16.3. The molecule has 0 heterocycles. The van der Waals surface area contributed by atoms with Crippen molar-refractivity contribution >= 4 is 81.5 Å². The fraction of sp³-hybridized carbons (Fsp3) is 0.583. The molecule has 2 N–H and O–H groups in total. The van der Waals surface area contributed by atoms with Crippen LogP contribution < -0.4 is 10.6 Å². The van der Waals surface area contributed by atoms with E-state index in [1.54, 1.807) is 34.1 Å². The lowest BCUT2D eigenvalue weighted by Gasteiger charge is -2.23. The highest BCUT2D eigenvalue weighted by Crippen LogP contribution is 2.21. The summed E-state index contributed by atoms with van der Waals surface area (Å²) >= 11 is 18.9. The molecule has 0 spiro atoms. The summed E-state index contributed by atoms with van der Waals surface area (Å²) in [4.78, 5) is 29.0. The molecule has 190 valence electrons. The molecule has 0 unspecified atom stereocenters. The lowest BCUT2D eigenvalue weighted by atomic mass is 10.2. The number of anilines is 2. The van der Waals surface area contributed by atoms with E-state index in [0.717, 1.165) is 51.4 Å². The van der Waals surface area contributed by atoms with E-state index in [-0.39, 0.29) is 24.9 Å². The Hall–Kier alpha value is -1.36. The third kappa shape index (κ3) is 12.9. The Morgan fingerprint density at radius 2 is 1.12 bits per heavy atom. The van der Waals surface area contributed by atoms with E-state index in [1.165, 1.54) is 0 Å². The van der Waals surface area contributed by atoms with E-state index >= 15 is 0 Å². The summed E-state index contributed by atoms with van der Waals surface area (Å²) in [6, 6.07) is 7.12. The molecule has 0 aliphatic carbocycles. The average Bonchev–Trinajstić information content (AvgIpc) is 2.79. The van der Waals surface area contributed by atoms with Gasteiger partial charge in [-0.2, -0.15) is 0 Å². The van der Waals surface area contributed by atoms with Gasteiger partial charge in [-0.25, -0.2) is 0 Å². The first-order valence-corrected chi connectivity index (χ1v) is 13.6. The van der Waals surface area contributed by atoms with E-state index in [1.807, 2.05) is 0 Å². The number of rotatable bonds is 16. The number of carbonyl (C=O) groups is 2. The largest absolute Gasteiger partial charge is 0.348 e. The van der Waals surface area contributed by atoms with E-state index < -0.39 is 0 Å². The second-order valence-corrected chi connectivity index (χ2v) is 10.4. The molecule has 0 aromatic heterocycles. The van der Waals surface area contributed by atoms with Crippen LogP contribution in [0, 0.1) is 0 Å². The predicted octanol–water partition coefficient (Wildman–Crippen LogP) is 5.76. The molecule has 0 bridgehead atoms. The summed E-state index contributed by atoms with van der Waals surface area (Å²) in [7, 11) is 0. The number of hydrogen-bond acceptors (Lipinski definition) is 4. The van der Waals surface area contributed by atoms with Crippen molar-refractivity contribution in [2.75, 3.05) is 36.8 Å². The summed E-state index contributed by atoms with van der Waals surface area (Å²) in [6.45, 7) is 5.90. The van der Waals surface area contributed by atoms with Crippen LogP contribution in [0.5, 0.6) is 0 Å². The topological polar surface area (TPSA) is 64.7 Å². The van der Waals surface area contributed by atoms with E-state index in [2.05, 4.69) is 49.7 Å². The lowest BCUT2D eigenvalue weighted by Crippen LogP contribution is -2.36. The van der Waals surface area contributed by atoms with Gasteiger partial charge < -0.3 is 20.4 Å². The average molecular weight is 543 g/mol. The number of nitrogens with zero attached hydrogens (tertiary/aromatic N) is 2. The van der Waals surface area contributed by atoms with Gasteiger partial charge in [-0.05, 0) is 25.0 Å². The zero-order chi connectivity index (χ0) is 25.3. The molecule has 0 aliphatic rings. The monoisotopic (exact) mass is 542 g/mol. The van der Waals surface area contributed by atoms with Gasteiger partial charge in [0.1, 0.15) is 8.64 Å². The molecule has 1 aromatic rings. The van der Waals surface area contributed by atoms with Gasteiger partial charge in [0, 0.05) is 13.1 Å². The standard InChI is InChI=1S/C24H38N4O2S4/c1-3-5-7-11-15-27(23(31)32)17-21(29)25-19-13-9-10-14-20(19)26-22(30)18-28(24(33)34)16-12-8-6-4-2/h9-10,13-14H,3-8,11-12,15-18H2,1-2H3,(H,25,29)(H,26,30)(H,31,32)(H,33,34). The molecule has 1 aromatic carbocycles. The highest BCUT2D eigenvalue weighted by molar-refractivity contribution is 8.11. The summed E-state index contributed by atoms with van der Waals surface area (Å²) in [6.07, 6.45) is 8.68. The molecule has 10 heteroatoms. The second kappa shape index (κ2) is 18.0. The zero-order valence-corrected chi connectivity index (χ0v) is 23.6. The van der Waals surface area contributed by atoms with Crippen LogP contribution in [0.25, 0.3) is 0 Å². The first-order valence-electron chi connectivity index (χ1n) is 11.9. The maximum Gasteiger partial charge on any atom is 0.243 e. The minimum Gasteiger partial charge on any atom is -0.348 e. The summed E-state index contributed by atoms with van der Waals surface area (Å²) < 4.78 is 0.796. The zero-order valence-electron chi connectivity index (χ0n) is 20.2. The molecule has 34 heavy (non-hydrogen) atoms. The second-order valence-electron chi connectivity index (χ2n) is 8.17. The van der Waals surface area contributed by atoms with Gasteiger partial charge in [-0.1, -0.05) is 88.9 Å². The minimum atomic E-state index is -0.220. The molecule has 2 amide bonds. The number of nitrogens with one attached hydrogen (secondary N) is 2. The smallest absolute Gasteiger partial charge is 0.243 e. The van der Waals surface area contributed by atoms with E-state index in [9.17, 15) is 9.59 Å². The number of unbranched alkanes of at least 4 members (excludes halogenated alkanes) is 6. The molecule has 1 rings (SSSR count). The Labute approximate surface area is 226 Å². The third-order valence-corrected chi connectivity index (χ3v) is 6.33. The van der Waals surface area contributed by atoms with Crippen molar-refractivity contribution in [2.45, 2.75) is 65.2 Å². The molecular formula is C24H38N4O2S4. The van der Waals surface area contributed by atoms with Gasteiger partial charge in [-0.15, -0.1) is 25.3 Å². The molecule has 0 saturated heterocycles. The van der Waals surface area contributed by atoms with Crippen LogP contribution in [-0.2, 0) is 9.59 Å². The SMILES string of the molecule is CCCCCCN(CC(=O)Nc1ccccc1NC(=O)CN(CCCCCC)C(=S)S)C(=S)S. The van der Waals surface area contributed by atoms with Gasteiger partial charge in [0.05, 0.1) is 24.5 Å². The maximum atomic E-state index is 12.7. The number of benzene rings is 1. The number of carbonyl (C=O) groups excluding carboxylic acids is 2. The van der Waals surface area contributed by atoms with Crippen LogP contribution >= 0.6 is 49.7 Å². The van der Waals surface area contributed by atoms with Gasteiger partial charge >= 0.3 is 0 Å². The quantitative estimate of drug-likeness (QED) is 0.121. The molecular weight excluding hydrogens is 505 g/mol. The summed E-state index contributed by atoms with van der Waals surface area (Å²) in [5, 5.41) is 5.77. The molecule has 0 fully saturated rings. The van der Waals surface area contributed by atoms with Crippen molar-refractivity contribution in [1.82, 2.24) is 9.80 Å². The highest BCUT2D eigenvalue weighted by atomic mass is 32.1. The van der Waals surface area contributed by atoms with Gasteiger partial charge in [0.15, 0.2) is 0 Å². The first kappa shape index (κ1) is 30.7. The normalized spacial score (nSPS) is 10.5. The Morgan fingerprint density at radius 1 is 0.735 bits per heavy atom. The van der Waals surface area contributed by atoms with Crippen molar-refractivity contribution in [3.05, 3.63) is 24.3 Å². The molecule has 0 aliphatic heterocycles. The van der Waals surface area contributed by atoms with Crippen molar-refractivity contribution in [2.24, 2.45) is 0 Å². The lowest BCUT2D eigenvalue weighted by molar-refractivity contribution is -0.117. The molecule has 0 atom stereocenters. The van der Waals surface area contributed by atoms with E-state index in [4.69, 9.17) is 24.4 Å². The van der Waals surface area contributed by atoms with Crippen LogP contribution in [0.15, 0.2) is 24.3 Å². The highest BCUT2D eigenvalue weighted by Gasteiger charge is 2.16. The molecule has 0 radical (unpaired) electrons. The summed E-state index contributed by atoms with van der Waals surface area (Å²) in [5.74, 6) is -0.439. The Bertz CT molecular complexity index is 742. The van der Waals surface area contributed by atoms with Crippen LogP contribution in [0.3, 0.4) is 0 Å². The predicted molar refractivity (Wildman–Crippen MR) is 158 cm³/mol. The maximum absolute atomic E-state index is 12.7. The number of thiol groups is 2. The van der Waals surface area contributed by atoms with Crippen LogP contribution in [0.2, 0.25) is 0 Å².